The molecule has 1 aromatic carbocycles. The Balaban J connectivity index is 1.94. The van der Waals surface area contributed by atoms with E-state index in [4.69, 9.17) is 5.73 Å². The van der Waals surface area contributed by atoms with Crippen LogP contribution < -0.4 is 5.73 Å². The van der Waals surface area contributed by atoms with Crippen molar-refractivity contribution in [1.82, 2.24) is 4.98 Å². The van der Waals surface area contributed by atoms with Crippen molar-refractivity contribution in [3.63, 3.8) is 0 Å². The molecule has 0 saturated heterocycles. The molecule has 1 aliphatic rings. The Morgan fingerprint density at radius 3 is 2.83 bits per heavy atom. The van der Waals surface area contributed by atoms with Gasteiger partial charge in [0.15, 0.2) is 5.13 Å². The quantitative estimate of drug-likeness (QED) is 0.923. The van der Waals surface area contributed by atoms with Gasteiger partial charge in [0.25, 0.3) is 0 Å². The lowest BCUT2D eigenvalue weighted by molar-refractivity contribution is 0.588. The second-order valence-electron chi connectivity index (χ2n) is 4.55. The Bertz CT molecular complexity index is 591. The number of nitrogens with two attached hydrogens (primary N) is 1. The van der Waals surface area contributed by atoms with E-state index in [9.17, 15) is 8.78 Å². The summed E-state index contributed by atoms with van der Waals surface area (Å²) in [6.45, 7) is 0. The summed E-state index contributed by atoms with van der Waals surface area (Å²) < 4.78 is 26.7. The zero-order valence-corrected chi connectivity index (χ0v) is 10.4. The second kappa shape index (κ2) is 4.31. The fourth-order valence-corrected chi connectivity index (χ4v) is 2.98. The molecule has 5 heteroatoms. The number of nitrogen functional groups attached to an aromatic ring is 1. The van der Waals surface area contributed by atoms with E-state index >= 15 is 0 Å². The average Bonchev–Trinajstić information content (AvgIpc) is 3.09. The Labute approximate surface area is 107 Å². The second-order valence-corrected chi connectivity index (χ2v) is 5.66. The van der Waals surface area contributed by atoms with Gasteiger partial charge in [-0.05, 0) is 36.6 Å². The molecule has 1 saturated carbocycles. The molecule has 0 aliphatic heterocycles. The summed E-state index contributed by atoms with van der Waals surface area (Å²) in [6.07, 6.45) is 2.59. The molecule has 1 aromatic heterocycles. The third-order valence-corrected chi connectivity index (χ3v) is 3.97. The van der Waals surface area contributed by atoms with Gasteiger partial charge in [0.05, 0.1) is 5.69 Å². The first kappa shape index (κ1) is 11.6. The number of hydrogen-bond donors (Lipinski definition) is 1. The number of rotatable bonds is 3. The zero-order valence-electron chi connectivity index (χ0n) is 9.62. The number of thiazole rings is 1. The van der Waals surface area contributed by atoms with E-state index in [0.29, 0.717) is 23.0 Å². The van der Waals surface area contributed by atoms with Crippen LogP contribution in [0, 0.1) is 11.6 Å². The summed E-state index contributed by atoms with van der Waals surface area (Å²) in [5.41, 5.74) is 7.04. The number of aromatic nitrogens is 1. The third-order valence-electron chi connectivity index (χ3n) is 3.07. The summed E-state index contributed by atoms with van der Waals surface area (Å²) in [5.74, 6) is -0.341. The molecule has 1 heterocycles. The first-order valence-corrected chi connectivity index (χ1v) is 6.64. The lowest BCUT2D eigenvalue weighted by Crippen LogP contribution is -1.95. The fraction of sp³-hybridized carbons (Fsp3) is 0.308. The highest BCUT2D eigenvalue weighted by Gasteiger charge is 2.29. The predicted octanol–water partition coefficient (Wildman–Crippen LogP) is 3.47. The zero-order chi connectivity index (χ0) is 12.7. The predicted molar refractivity (Wildman–Crippen MR) is 67.7 cm³/mol. The van der Waals surface area contributed by atoms with Crippen molar-refractivity contribution in [3.05, 3.63) is 46.0 Å². The van der Waals surface area contributed by atoms with Gasteiger partial charge in [-0.2, -0.15) is 0 Å². The van der Waals surface area contributed by atoms with Gasteiger partial charge in [0, 0.05) is 17.2 Å². The maximum absolute atomic E-state index is 13.6. The Morgan fingerprint density at radius 1 is 1.33 bits per heavy atom. The van der Waals surface area contributed by atoms with Gasteiger partial charge in [0.1, 0.15) is 11.6 Å². The van der Waals surface area contributed by atoms with Gasteiger partial charge in [-0.25, -0.2) is 13.8 Å². The van der Waals surface area contributed by atoms with Crippen LogP contribution in [0.3, 0.4) is 0 Å². The minimum absolute atomic E-state index is 0.362. The van der Waals surface area contributed by atoms with Gasteiger partial charge in [-0.1, -0.05) is 0 Å². The van der Waals surface area contributed by atoms with Crippen LogP contribution in [-0.4, -0.2) is 4.98 Å². The van der Waals surface area contributed by atoms with Crippen LogP contribution in [-0.2, 0) is 6.42 Å². The van der Waals surface area contributed by atoms with Crippen molar-refractivity contribution in [2.75, 3.05) is 5.73 Å². The minimum atomic E-state index is -0.420. The molecule has 0 bridgehead atoms. The summed E-state index contributed by atoms with van der Waals surface area (Å²) >= 11 is 1.37. The largest absolute Gasteiger partial charge is 0.375 e. The summed E-state index contributed by atoms with van der Waals surface area (Å²) in [7, 11) is 0. The molecule has 18 heavy (non-hydrogen) atoms. The Kier molecular flexibility index (Phi) is 2.78. The monoisotopic (exact) mass is 266 g/mol. The maximum atomic E-state index is 13.6. The molecule has 2 N–H and O–H groups in total. The van der Waals surface area contributed by atoms with Crippen molar-refractivity contribution in [2.45, 2.75) is 25.2 Å². The summed E-state index contributed by atoms with van der Waals surface area (Å²) in [4.78, 5) is 5.26. The van der Waals surface area contributed by atoms with E-state index in [1.807, 2.05) is 0 Å². The molecule has 0 atom stereocenters. The number of nitrogens with zero attached hydrogens (tertiary/aromatic N) is 1. The Hall–Kier alpha value is -1.49. The minimum Gasteiger partial charge on any atom is -0.375 e. The molecule has 0 radical (unpaired) electrons. The van der Waals surface area contributed by atoms with Gasteiger partial charge >= 0.3 is 0 Å². The van der Waals surface area contributed by atoms with Gasteiger partial charge in [-0.3, -0.25) is 0 Å². The molecule has 94 valence electrons. The van der Waals surface area contributed by atoms with Crippen LogP contribution in [0.5, 0.6) is 0 Å². The highest BCUT2D eigenvalue weighted by Crippen LogP contribution is 2.43. The summed E-state index contributed by atoms with van der Waals surface area (Å²) in [5, 5.41) is 0.503. The molecular weight excluding hydrogens is 254 g/mol. The topological polar surface area (TPSA) is 38.9 Å². The van der Waals surface area contributed by atoms with Crippen LogP contribution >= 0.6 is 11.3 Å². The first-order chi connectivity index (χ1) is 8.63. The van der Waals surface area contributed by atoms with E-state index in [1.165, 1.54) is 17.4 Å². The highest BCUT2D eigenvalue weighted by molar-refractivity contribution is 7.15. The average molecular weight is 266 g/mol. The number of halogens is 2. The summed E-state index contributed by atoms with van der Waals surface area (Å²) in [6, 6.07) is 3.52. The molecule has 1 fully saturated rings. The van der Waals surface area contributed by atoms with Crippen molar-refractivity contribution in [3.8, 4) is 0 Å². The molecule has 0 unspecified atom stereocenters. The van der Waals surface area contributed by atoms with E-state index in [0.717, 1.165) is 35.5 Å². The molecule has 2 nitrogen and oxygen atoms in total. The SMILES string of the molecule is Nc1nc(C2CC2)c(Cc2cc(F)ccc2F)s1. The smallest absolute Gasteiger partial charge is 0.180 e. The lowest BCUT2D eigenvalue weighted by Gasteiger charge is -2.03. The normalized spacial score (nSPS) is 15.0. The van der Waals surface area contributed by atoms with Crippen molar-refractivity contribution in [2.24, 2.45) is 0 Å². The molecular formula is C13H12F2N2S. The molecule has 0 amide bonds. The van der Waals surface area contributed by atoms with E-state index < -0.39 is 5.82 Å². The first-order valence-electron chi connectivity index (χ1n) is 5.82. The van der Waals surface area contributed by atoms with Crippen molar-refractivity contribution in [1.29, 1.82) is 0 Å². The fourth-order valence-electron chi connectivity index (χ4n) is 2.04. The lowest BCUT2D eigenvalue weighted by atomic mass is 10.1. The van der Waals surface area contributed by atoms with Gasteiger partial charge < -0.3 is 5.73 Å². The van der Waals surface area contributed by atoms with E-state index in [2.05, 4.69) is 4.98 Å². The Morgan fingerprint density at radius 2 is 2.11 bits per heavy atom. The van der Waals surface area contributed by atoms with Crippen LogP contribution in [0.1, 0.15) is 34.9 Å². The van der Waals surface area contributed by atoms with Crippen LogP contribution in [0.15, 0.2) is 18.2 Å². The maximum Gasteiger partial charge on any atom is 0.180 e. The van der Waals surface area contributed by atoms with Crippen molar-refractivity contribution >= 4 is 16.5 Å². The van der Waals surface area contributed by atoms with Crippen LogP contribution in [0.25, 0.3) is 0 Å². The van der Waals surface area contributed by atoms with Crippen LogP contribution in [0.2, 0.25) is 0 Å². The highest BCUT2D eigenvalue weighted by atomic mass is 32.1. The number of anilines is 1. The molecule has 0 spiro atoms. The molecule has 3 rings (SSSR count). The van der Waals surface area contributed by atoms with E-state index in [1.54, 1.807) is 0 Å². The van der Waals surface area contributed by atoms with Crippen LogP contribution in [0.4, 0.5) is 13.9 Å². The number of hydrogen-bond acceptors (Lipinski definition) is 3. The van der Waals surface area contributed by atoms with Crippen molar-refractivity contribution < 1.29 is 8.78 Å². The number of benzene rings is 1. The molecule has 2 aromatic rings. The van der Waals surface area contributed by atoms with Gasteiger partial charge in [0.2, 0.25) is 0 Å². The third kappa shape index (κ3) is 2.22. The van der Waals surface area contributed by atoms with Gasteiger partial charge in [-0.15, -0.1) is 11.3 Å². The van der Waals surface area contributed by atoms with E-state index in [-0.39, 0.29) is 5.82 Å². The molecule has 1 aliphatic carbocycles. The standard InChI is InChI=1S/C13H12F2N2S/c14-9-3-4-10(15)8(5-9)6-11-12(7-1-2-7)17-13(16)18-11/h3-5,7H,1-2,6H2,(H2,16,17).